The molecule has 5 nitrogen and oxygen atoms in total. The largest absolute Gasteiger partial charge is 0.508 e. The van der Waals surface area contributed by atoms with E-state index in [2.05, 4.69) is 4.74 Å². The van der Waals surface area contributed by atoms with Crippen LogP contribution in [0, 0.1) is 0 Å². The molecule has 1 rings (SSSR count). The summed E-state index contributed by atoms with van der Waals surface area (Å²) in [6, 6.07) is 5.47. The van der Waals surface area contributed by atoms with Crippen molar-refractivity contribution in [3.8, 4) is 11.5 Å². The van der Waals surface area contributed by atoms with Crippen LogP contribution in [0.5, 0.6) is 11.5 Å². The van der Waals surface area contributed by atoms with E-state index < -0.39 is 6.16 Å². The van der Waals surface area contributed by atoms with Crippen molar-refractivity contribution < 1.29 is 23.7 Å². The third kappa shape index (κ3) is 4.37. The third-order valence-corrected chi connectivity index (χ3v) is 2.15. The van der Waals surface area contributed by atoms with Crippen LogP contribution in [0.2, 0.25) is 0 Å². The molecule has 0 amide bonds. The van der Waals surface area contributed by atoms with Crippen LogP contribution >= 0.6 is 0 Å². The maximum atomic E-state index is 10.7. The molecule has 0 aliphatic carbocycles. The average Bonchev–Trinajstić information content (AvgIpc) is 2.42. The first-order chi connectivity index (χ1) is 8.69. The van der Waals surface area contributed by atoms with Gasteiger partial charge >= 0.3 is 6.16 Å². The van der Waals surface area contributed by atoms with Gasteiger partial charge in [0, 0.05) is 6.07 Å². The number of benzene rings is 1. The highest BCUT2D eigenvalue weighted by Crippen LogP contribution is 2.23. The Labute approximate surface area is 106 Å². The summed E-state index contributed by atoms with van der Waals surface area (Å²) in [4.78, 5) is 10.7. The molecule has 0 fully saturated rings. The number of carbonyl (C=O) groups is 1. The van der Waals surface area contributed by atoms with Crippen molar-refractivity contribution in [2.75, 3.05) is 27.9 Å². The minimum absolute atomic E-state index is 0.145. The number of carbonyl (C=O) groups excluding carboxylic acids is 1. The molecule has 18 heavy (non-hydrogen) atoms. The number of methoxy groups -OCH3 is 3. The average molecular weight is 252 g/mol. The van der Waals surface area contributed by atoms with Crippen molar-refractivity contribution in [2.45, 2.75) is 0 Å². The minimum atomic E-state index is -0.706. The monoisotopic (exact) mass is 252 g/mol. The maximum Gasteiger partial charge on any atom is 0.508 e. The first-order valence-electron chi connectivity index (χ1n) is 5.30. The van der Waals surface area contributed by atoms with Crippen LogP contribution < -0.4 is 9.47 Å². The molecule has 0 atom stereocenters. The Kier molecular flexibility index (Phi) is 5.57. The molecular formula is C13H16O5. The summed E-state index contributed by atoms with van der Waals surface area (Å²) < 4.78 is 19.3. The van der Waals surface area contributed by atoms with Crippen LogP contribution in [0.3, 0.4) is 0 Å². The molecule has 0 saturated carbocycles. The predicted octanol–water partition coefficient (Wildman–Crippen LogP) is 2.50. The molecule has 0 heterocycles. The van der Waals surface area contributed by atoms with Gasteiger partial charge in [-0.25, -0.2) is 4.79 Å². The number of ether oxygens (including phenoxy) is 4. The molecule has 1 aromatic carbocycles. The molecule has 0 aliphatic heterocycles. The highest BCUT2D eigenvalue weighted by atomic mass is 16.7. The smallest absolute Gasteiger partial charge is 0.497 e. The van der Waals surface area contributed by atoms with Gasteiger partial charge in [0.05, 0.1) is 21.3 Å². The molecule has 0 bridgehead atoms. The quantitative estimate of drug-likeness (QED) is 0.753. The van der Waals surface area contributed by atoms with Gasteiger partial charge in [-0.3, -0.25) is 0 Å². The Hall–Kier alpha value is -2.17. The number of hydrogen-bond donors (Lipinski definition) is 0. The van der Waals surface area contributed by atoms with Gasteiger partial charge in [0.1, 0.15) is 18.1 Å². The molecule has 0 N–H and O–H groups in total. The van der Waals surface area contributed by atoms with Crippen LogP contribution in [0.15, 0.2) is 24.3 Å². The van der Waals surface area contributed by atoms with Crippen molar-refractivity contribution in [1.82, 2.24) is 0 Å². The molecule has 0 unspecified atom stereocenters. The summed E-state index contributed by atoms with van der Waals surface area (Å²) in [7, 11) is 4.43. The fraction of sp³-hybridized carbons (Fsp3) is 0.308. The molecule has 0 radical (unpaired) electrons. The van der Waals surface area contributed by atoms with E-state index in [1.54, 1.807) is 32.4 Å². The van der Waals surface area contributed by atoms with E-state index in [4.69, 9.17) is 14.2 Å². The lowest BCUT2D eigenvalue weighted by molar-refractivity contribution is 0.0819. The van der Waals surface area contributed by atoms with E-state index >= 15 is 0 Å². The van der Waals surface area contributed by atoms with E-state index in [1.165, 1.54) is 7.11 Å². The lowest BCUT2D eigenvalue weighted by Crippen LogP contribution is -2.03. The molecule has 0 saturated heterocycles. The molecule has 98 valence electrons. The first-order valence-corrected chi connectivity index (χ1v) is 5.30. The first kappa shape index (κ1) is 13.9. The number of rotatable bonds is 5. The van der Waals surface area contributed by atoms with Gasteiger partial charge in [-0.2, -0.15) is 0 Å². The molecule has 0 aromatic heterocycles. The van der Waals surface area contributed by atoms with Gasteiger partial charge in [-0.1, -0.05) is 6.08 Å². The molecule has 0 spiro atoms. The van der Waals surface area contributed by atoms with E-state index in [-0.39, 0.29) is 6.61 Å². The van der Waals surface area contributed by atoms with Crippen molar-refractivity contribution >= 4 is 12.2 Å². The Bertz CT molecular complexity index is 403. The van der Waals surface area contributed by atoms with Gasteiger partial charge in [0.15, 0.2) is 0 Å². The van der Waals surface area contributed by atoms with Gasteiger partial charge in [0.25, 0.3) is 0 Å². The second-order valence-electron chi connectivity index (χ2n) is 3.31. The predicted molar refractivity (Wildman–Crippen MR) is 66.9 cm³/mol. The van der Waals surface area contributed by atoms with Crippen LogP contribution in [0.25, 0.3) is 6.08 Å². The Morgan fingerprint density at radius 2 is 1.72 bits per heavy atom. The summed E-state index contributed by atoms with van der Waals surface area (Å²) in [5.41, 5.74) is 0.889. The SMILES string of the molecule is COC(=O)OCC=Cc1cc(OC)cc(OC)c1. The maximum absolute atomic E-state index is 10.7. The fourth-order valence-electron chi connectivity index (χ4n) is 1.28. The Morgan fingerprint density at radius 1 is 1.11 bits per heavy atom. The zero-order valence-corrected chi connectivity index (χ0v) is 10.6. The minimum Gasteiger partial charge on any atom is -0.497 e. The van der Waals surface area contributed by atoms with Gasteiger partial charge in [-0.15, -0.1) is 0 Å². The van der Waals surface area contributed by atoms with E-state index in [0.29, 0.717) is 11.5 Å². The summed E-state index contributed by atoms with van der Waals surface area (Å²) >= 11 is 0. The second-order valence-corrected chi connectivity index (χ2v) is 3.31. The molecule has 1 aromatic rings. The van der Waals surface area contributed by atoms with E-state index in [0.717, 1.165) is 5.56 Å². The second kappa shape index (κ2) is 7.21. The van der Waals surface area contributed by atoms with Crippen LogP contribution in [-0.4, -0.2) is 34.1 Å². The van der Waals surface area contributed by atoms with E-state index in [1.807, 2.05) is 12.1 Å². The van der Waals surface area contributed by atoms with Crippen LogP contribution in [0.4, 0.5) is 4.79 Å². The standard InChI is InChI=1S/C13H16O5/c1-15-11-7-10(8-12(9-11)16-2)5-4-6-18-13(14)17-3/h4-5,7-9H,6H2,1-3H3. The lowest BCUT2D eigenvalue weighted by atomic mass is 10.2. The van der Waals surface area contributed by atoms with Crippen LogP contribution in [0.1, 0.15) is 5.56 Å². The fourth-order valence-corrected chi connectivity index (χ4v) is 1.28. The van der Waals surface area contributed by atoms with Gasteiger partial charge in [-0.05, 0) is 23.8 Å². The van der Waals surface area contributed by atoms with Crippen molar-refractivity contribution in [1.29, 1.82) is 0 Å². The van der Waals surface area contributed by atoms with E-state index in [9.17, 15) is 4.79 Å². The summed E-state index contributed by atoms with van der Waals surface area (Å²) in [5.74, 6) is 1.39. The van der Waals surface area contributed by atoms with Crippen molar-refractivity contribution in [3.05, 3.63) is 29.8 Å². The molecule has 0 aliphatic rings. The summed E-state index contributed by atoms with van der Waals surface area (Å²) in [5, 5.41) is 0. The topological polar surface area (TPSA) is 54.0 Å². The number of hydrogen-bond acceptors (Lipinski definition) is 5. The highest BCUT2D eigenvalue weighted by molar-refractivity contribution is 5.60. The highest BCUT2D eigenvalue weighted by Gasteiger charge is 2.00. The zero-order valence-electron chi connectivity index (χ0n) is 10.6. The Balaban J connectivity index is 2.65. The van der Waals surface area contributed by atoms with Crippen molar-refractivity contribution in [3.63, 3.8) is 0 Å². The van der Waals surface area contributed by atoms with Crippen LogP contribution in [-0.2, 0) is 9.47 Å². The summed E-state index contributed by atoms with van der Waals surface area (Å²) in [6.07, 6.45) is 2.79. The molecular weight excluding hydrogens is 236 g/mol. The van der Waals surface area contributed by atoms with Crippen molar-refractivity contribution in [2.24, 2.45) is 0 Å². The zero-order chi connectivity index (χ0) is 13.4. The van der Waals surface area contributed by atoms with Gasteiger partial charge in [0.2, 0.25) is 0 Å². The lowest BCUT2D eigenvalue weighted by Gasteiger charge is -2.05. The molecule has 5 heteroatoms. The third-order valence-electron chi connectivity index (χ3n) is 2.15. The van der Waals surface area contributed by atoms with Gasteiger partial charge < -0.3 is 18.9 Å². The normalized spacial score (nSPS) is 10.2. The Morgan fingerprint density at radius 3 is 2.22 bits per heavy atom. The summed E-state index contributed by atoms with van der Waals surface area (Å²) in [6.45, 7) is 0.145.